The van der Waals surface area contributed by atoms with Gasteiger partial charge in [-0.05, 0) is 48.4 Å². The van der Waals surface area contributed by atoms with Gasteiger partial charge in [0.25, 0.3) is 11.8 Å². The van der Waals surface area contributed by atoms with Crippen LogP contribution in [-0.2, 0) is 18.3 Å². The number of hydrogen-bond acceptors (Lipinski definition) is 7. The molecule has 1 heterocycles. The molecule has 4 rings (SSSR count). The summed E-state index contributed by atoms with van der Waals surface area (Å²) >= 11 is 0. The SMILES string of the molecule is COc1ccc(CCNC(=O)C(=Cc2cn(C)c3ccccc23)NC(=O)c2cc(OC)c(OC)c(OC)c2)cc1OC. The zero-order valence-electron chi connectivity index (χ0n) is 24.6. The molecule has 0 radical (unpaired) electrons. The third kappa shape index (κ3) is 6.43. The number of benzene rings is 3. The molecular weight excluding hydrogens is 538 g/mol. The molecule has 10 nitrogen and oxygen atoms in total. The number of aryl methyl sites for hydroxylation is 1. The fourth-order valence-electron chi connectivity index (χ4n) is 4.66. The number of fused-ring (bicyclic) bond motifs is 1. The van der Waals surface area contributed by atoms with E-state index in [2.05, 4.69) is 10.6 Å². The van der Waals surface area contributed by atoms with Crippen LogP contribution in [0.15, 0.2) is 66.5 Å². The van der Waals surface area contributed by atoms with E-state index in [1.165, 1.54) is 33.5 Å². The summed E-state index contributed by atoms with van der Waals surface area (Å²) < 4.78 is 28.8. The molecule has 10 heteroatoms. The van der Waals surface area contributed by atoms with Crippen LogP contribution in [0.2, 0.25) is 0 Å². The third-order valence-corrected chi connectivity index (χ3v) is 6.79. The largest absolute Gasteiger partial charge is 0.493 e. The van der Waals surface area contributed by atoms with Gasteiger partial charge in [0.1, 0.15) is 5.70 Å². The van der Waals surface area contributed by atoms with Crippen LogP contribution in [0.1, 0.15) is 21.5 Å². The molecule has 0 atom stereocenters. The molecule has 4 aromatic rings. The molecule has 1 aromatic heterocycles. The van der Waals surface area contributed by atoms with Gasteiger partial charge in [0, 0.05) is 41.8 Å². The molecule has 0 fully saturated rings. The van der Waals surface area contributed by atoms with Crippen molar-refractivity contribution in [3.05, 3.63) is 83.2 Å². The number of nitrogens with one attached hydrogen (secondary N) is 2. The predicted octanol–water partition coefficient (Wildman–Crippen LogP) is 4.35. The Kier molecular flexibility index (Phi) is 9.59. The molecule has 0 aliphatic heterocycles. The second kappa shape index (κ2) is 13.5. The molecule has 2 N–H and O–H groups in total. The highest BCUT2D eigenvalue weighted by Gasteiger charge is 2.20. The van der Waals surface area contributed by atoms with Gasteiger partial charge in [-0.2, -0.15) is 0 Å². The standard InChI is InChI=1S/C32H35N3O7/c1-35-19-22(23-9-7-8-10-25(23)35)16-24(32(37)33-14-13-20-11-12-26(38-2)27(15-20)39-3)34-31(36)21-17-28(40-4)30(42-6)29(18-21)41-5/h7-12,15-19H,13-14H2,1-6H3,(H,33,37)(H,34,36). The number of hydrogen-bond donors (Lipinski definition) is 2. The van der Waals surface area contributed by atoms with E-state index >= 15 is 0 Å². The van der Waals surface area contributed by atoms with Gasteiger partial charge in [-0.3, -0.25) is 9.59 Å². The van der Waals surface area contributed by atoms with Crippen molar-refractivity contribution in [2.75, 3.05) is 42.1 Å². The molecule has 42 heavy (non-hydrogen) atoms. The summed E-state index contributed by atoms with van der Waals surface area (Å²) in [4.78, 5) is 27.0. The van der Waals surface area contributed by atoms with Gasteiger partial charge in [-0.1, -0.05) is 24.3 Å². The number of amides is 2. The number of carbonyl (C=O) groups excluding carboxylic acids is 2. The Morgan fingerprint density at radius 1 is 0.810 bits per heavy atom. The van der Waals surface area contributed by atoms with E-state index < -0.39 is 11.8 Å². The van der Waals surface area contributed by atoms with Crippen molar-refractivity contribution < 1.29 is 33.3 Å². The van der Waals surface area contributed by atoms with Gasteiger partial charge in [-0.15, -0.1) is 0 Å². The van der Waals surface area contributed by atoms with Gasteiger partial charge in [0.2, 0.25) is 5.75 Å². The quantitative estimate of drug-likeness (QED) is 0.243. The lowest BCUT2D eigenvalue weighted by Gasteiger charge is -2.15. The van der Waals surface area contributed by atoms with Crippen molar-refractivity contribution >= 4 is 28.8 Å². The fraction of sp³-hybridized carbons (Fsp3) is 0.250. The first-order valence-electron chi connectivity index (χ1n) is 13.2. The van der Waals surface area contributed by atoms with Crippen molar-refractivity contribution in [2.24, 2.45) is 7.05 Å². The summed E-state index contributed by atoms with van der Waals surface area (Å²) in [5.41, 5.74) is 3.04. The van der Waals surface area contributed by atoms with E-state index in [1.807, 2.05) is 60.3 Å². The van der Waals surface area contributed by atoms with Crippen LogP contribution in [0, 0.1) is 0 Å². The maximum atomic E-state index is 13.5. The van der Waals surface area contributed by atoms with Crippen molar-refractivity contribution in [3.63, 3.8) is 0 Å². The number of aromatic nitrogens is 1. The van der Waals surface area contributed by atoms with E-state index in [9.17, 15) is 9.59 Å². The number of ether oxygens (including phenoxy) is 5. The van der Waals surface area contributed by atoms with Crippen LogP contribution < -0.4 is 34.3 Å². The minimum absolute atomic E-state index is 0.0809. The Balaban J connectivity index is 1.62. The summed E-state index contributed by atoms with van der Waals surface area (Å²) in [6.07, 6.45) is 4.12. The summed E-state index contributed by atoms with van der Waals surface area (Å²) in [7, 11) is 9.50. The summed E-state index contributed by atoms with van der Waals surface area (Å²) in [5.74, 6) is 1.27. The van der Waals surface area contributed by atoms with Crippen molar-refractivity contribution in [1.29, 1.82) is 0 Å². The topological polar surface area (TPSA) is 109 Å². The molecule has 0 bridgehead atoms. The number of methoxy groups -OCH3 is 5. The molecule has 3 aromatic carbocycles. The average molecular weight is 574 g/mol. The highest BCUT2D eigenvalue weighted by atomic mass is 16.5. The molecule has 0 aliphatic rings. The Bertz CT molecular complexity index is 1600. The lowest BCUT2D eigenvalue weighted by atomic mass is 10.1. The van der Waals surface area contributed by atoms with E-state index in [-0.39, 0.29) is 11.3 Å². The number of carbonyl (C=O) groups is 2. The van der Waals surface area contributed by atoms with Gasteiger partial charge in [-0.25, -0.2) is 0 Å². The van der Waals surface area contributed by atoms with E-state index in [1.54, 1.807) is 20.3 Å². The molecule has 220 valence electrons. The van der Waals surface area contributed by atoms with Crippen LogP contribution >= 0.6 is 0 Å². The van der Waals surface area contributed by atoms with E-state index in [4.69, 9.17) is 23.7 Å². The lowest BCUT2D eigenvalue weighted by Crippen LogP contribution is -2.35. The predicted molar refractivity (Wildman–Crippen MR) is 161 cm³/mol. The highest BCUT2D eigenvalue weighted by Crippen LogP contribution is 2.38. The molecule has 0 unspecified atom stereocenters. The Morgan fingerprint density at radius 2 is 1.48 bits per heavy atom. The molecular formula is C32H35N3O7. The second-order valence-electron chi connectivity index (χ2n) is 9.33. The Hall–Kier alpha value is -5.12. The van der Waals surface area contributed by atoms with Gasteiger partial charge >= 0.3 is 0 Å². The monoisotopic (exact) mass is 573 g/mol. The summed E-state index contributed by atoms with van der Waals surface area (Å²) in [5, 5.41) is 6.65. The van der Waals surface area contributed by atoms with Crippen LogP contribution in [-0.4, -0.2) is 58.5 Å². The van der Waals surface area contributed by atoms with E-state index in [0.29, 0.717) is 41.7 Å². The van der Waals surface area contributed by atoms with Crippen LogP contribution in [0.3, 0.4) is 0 Å². The number of para-hydroxylation sites is 1. The molecule has 0 saturated carbocycles. The molecule has 0 spiro atoms. The number of nitrogens with zero attached hydrogens (tertiary/aromatic N) is 1. The third-order valence-electron chi connectivity index (χ3n) is 6.79. The maximum Gasteiger partial charge on any atom is 0.267 e. The average Bonchev–Trinajstić information content (AvgIpc) is 3.34. The molecule has 0 aliphatic carbocycles. The molecule has 2 amide bonds. The summed E-state index contributed by atoms with van der Waals surface area (Å²) in [6.45, 7) is 0.321. The molecule has 0 saturated heterocycles. The van der Waals surface area contributed by atoms with E-state index in [0.717, 1.165) is 22.0 Å². The van der Waals surface area contributed by atoms with Crippen LogP contribution in [0.5, 0.6) is 28.7 Å². The van der Waals surface area contributed by atoms with Crippen LogP contribution in [0.4, 0.5) is 0 Å². The minimum atomic E-state index is -0.518. The fourth-order valence-corrected chi connectivity index (χ4v) is 4.66. The van der Waals surface area contributed by atoms with Crippen LogP contribution in [0.25, 0.3) is 17.0 Å². The van der Waals surface area contributed by atoms with Gasteiger partial charge in [0.05, 0.1) is 35.5 Å². The zero-order chi connectivity index (χ0) is 30.2. The first-order chi connectivity index (χ1) is 20.3. The first kappa shape index (κ1) is 29.9. The normalized spacial score (nSPS) is 11.1. The minimum Gasteiger partial charge on any atom is -0.493 e. The lowest BCUT2D eigenvalue weighted by molar-refractivity contribution is -0.117. The second-order valence-corrected chi connectivity index (χ2v) is 9.33. The highest BCUT2D eigenvalue weighted by molar-refractivity contribution is 6.07. The van der Waals surface area contributed by atoms with Crippen molar-refractivity contribution in [3.8, 4) is 28.7 Å². The van der Waals surface area contributed by atoms with Crippen molar-refractivity contribution in [2.45, 2.75) is 6.42 Å². The Morgan fingerprint density at radius 3 is 2.12 bits per heavy atom. The van der Waals surface area contributed by atoms with Gasteiger partial charge < -0.3 is 38.9 Å². The maximum absolute atomic E-state index is 13.5. The first-order valence-corrected chi connectivity index (χ1v) is 13.2. The van der Waals surface area contributed by atoms with Crippen molar-refractivity contribution in [1.82, 2.24) is 15.2 Å². The number of rotatable bonds is 12. The summed E-state index contributed by atoms with van der Waals surface area (Å²) in [6, 6.07) is 16.5. The zero-order valence-corrected chi connectivity index (χ0v) is 24.6. The van der Waals surface area contributed by atoms with Gasteiger partial charge in [0.15, 0.2) is 23.0 Å². The smallest absolute Gasteiger partial charge is 0.267 e. The Labute approximate surface area is 244 Å².